The maximum atomic E-state index is 11.7. The molecule has 1 aromatic heterocycles. The fourth-order valence-electron chi connectivity index (χ4n) is 1.38. The van der Waals surface area contributed by atoms with Crippen molar-refractivity contribution < 1.29 is 8.42 Å². The molecule has 0 aliphatic heterocycles. The molecule has 0 saturated carbocycles. The fourth-order valence-corrected chi connectivity index (χ4v) is 2.64. The molecule has 0 saturated heterocycles. The molecule has 0 aromatic carbocycles. The highest BCUT2D eigenvalue weighted by Gasteiger charge is 2.21. The van der Waals surface area contributed by atoms with Crippen LogP contribution in [0.4, 0.5) is 0 Å². The minimum atomic E-state index is -3.42. The van der Waals surface area contributed by atoms with Gasteiger partial charge in [0.25, 0.3) is 0 Å². The lowest BCUT2D eigenvalue weighted by molar-refractivity contribution is 0.511. The second kappa shape index (κ2) is 6.17. The van der Waals surface area contributed by atoms with Gasteiger partial charge in [0.2, 0.25) is 15.0 Å². The predicted octanol–water partition coefficient (Wildman–Crippen LogP) is 0.374. The number of nitrogens with zero attached hydrogens (tertiary/aromatic N) is 2. The van der Waals surface area contributed by atoms with Crippen molar-refractivity contribution >= 4 is 22.2 Å². The van der Waals surface area contributed by atoms with E-state index in [1.807, 2.05) is 13.8 Å². The smallest absolute Gasteiger partial charge is 0.243 e. The highest BCUT2D eigenvalue weighted by molar-refractivity contribution is 7.91. The standard InChI is InChI=1S/C8H16N4O2S.ClH/c1-6(2)3-7(9)4-15(13,14)8-10-5-11-12-8;/h5-7H,3-4,9H2,1-2H3,(H,10,11,12);1H. The van der Waals surface area contributed by atoms with E-state index in [2.05, 4.69) is 15.2 Å². The molecule has 1 aromatic rings. The van der Waals surface area contributed by atoms with Crippen LogP contribution >= 0.6 is 12.4 Å². The fraction of sp³-hybridized carbons (Fsp3) is 0.750. The van der Waals surface area contributed by atoms with E-state index >= 15 is 0 Å². The van der Waals surface area contributed by atoms with E-state index in [9.17, 15) is 8.42 Å². The van der Waals surface area contributed by atoms with Gasteiger partial charge in [0.1, 0.15) is 6.33 Å². The number of hydrogen-bond acceptors (Lipinski definition) is 5. The Hall–Kier alpha value is -0.660. The summed E-state index contributed by atoms with van der Waals surface area (Å²) in [7, 11) is -3.42. The van der Waals surface area contributed by atoms with Gasteiger partial charge in [-0.2, -0.15) is 5.10 Å². The van der Waals surface area contributed by atoms with Crippen LogP contribution in [0.2, 0.25) is 0 Å². The molecule has 3 N–H and O–H groups in total. The van der Waals surface area contributed by atoms with Gasteiger partial charge in [-0.3, -0.25) is 5.10 Å². The molecule has 1 rings (SSSR count). The van der Waals surface area contributed by atoms with Crippen molar-refractivity contribution in [1.29, 1.82) is 0 Å². The number of nitrogens with one attached hydrogen (secondary N) is 1. The molecule has 0 amide bonds. The number of aromatic nitrogens is 3. The lowest BCUT2D eigenvalue weighted by Crippen LogP contribution is -2.31. The zero-order valence-corrected chi connectivity index (χ0v) is 10.9. The molecule has 0 spiro atoms. The maximum absolute atomic E-state index is 11.7. The molecule has 94 valence electrons. The van der Waals surface area contributed by atoms with Gasteiger partial charge in [-0.15, -0.1) is 12.4 Å². The third-order valence-electron chi connectivity index (χ3n) is 1.90. The Bertz CT molecular complexity index is 390. The molecule has 0 bridgehead atoms. The summed E-state index contributed by atoms with van der Waals surface area (Å²) in [5.41, 5.74) is 5.73. The third-order valence-corrected chi connectivity index (χ3v) is 3.55. The second-order valence-electron chi connectivity index (χ2n) is 3.96. The molecule has 1 unspecified atom stereocenters. The van der Waals surface area contributed by atoms with Crippen molar-refractivity contribution in [1.82, 2.24) is 15.2 Å². The Morgan fingerprint density at radius 3 is 2.56 bits per heavy atom. The van der Waals surface area contributed by atoms with Crippen LogP contribution in [0.5, 0.6) is 0 Å². The monoisotopic (exact) mass is 268 g/mol. The third kappa shape index (κ3) is 4.46. The quantitative estimate of drug-likeness (QED) is 0.803. The van der Waals surface area contributed by atoms with Gasteiger partial charge < -0.3 is 5.73 Å². The Morgan fingerprint density at radius 2 is 2.12 bits per heavy atom. The van der Waals surface area contributed by atoms with Gasteiger partial charge in [0.05, 0.1) is 5.75 Å². The molecule has 0 aliphatic carbocycles. The summed E-state index contributed by atoms with van der Waals surface area (Å²) >= 11 is 0. The van der Waals surface area contributed by atoms with Crippen LogP contribution in [-0.2, 0) is 9.84 Å². The van der Waals surface area contributed by atoms with Gasteiger partial charge >= 0.3 is 0 Å². The summed E-state index contributed by atoms with van der Waals surface area (Å²) in [6.45, 7) is 4.00. The first-order valence-electron chi connectivity index (χ1n) is 4.75. The van der Waals surface area contributed by atoms with E-state index in [-0.39, 0.29) is 29.4 Å². The van der Waals surface area contributed by atoms with Gasteiger partial charge in [0.15, 0.2) is 0 Å². The first-order chi connectivity index (χ1) is 6.92. The lowest BCUT2D eigenvalue weighted by atomic mass is 10.1. The molecule has 1 heterocycles. The van der Waals surface area contributed by atoms with E-state index in [4.69, 9.17) is 5.73 Å². The number of sulfone groups is 1. The van der Waals surface area contributed by atoms with E-state index < -0.39 is 9.84 Å². The van der Waals surface area contributed by atoms with Crippen molar-refractivity contribution in [3.8, 4) is 0 Å². The average molecular weight is 269 g/mol. The van der Waals surface area contributed by atoms with Crippen molar-refractivity contribution in [2.75, 3.05) is 5.75 Å². The summed E-state index contributed by atoms with van der Waals surface area (Å²) in [6.07, 6.45) is 1.84. The number of aromatic amines is 1. The van der Waals surface area contributed by atoms with Crippen LogP contribution in [0.25, 0.3) is 0 Å². The summed E-state index contributed by atoms with van der Waals surface area (Å²) in [4.78, 5) is 3.61. The van der Waals surface area contributed by atoms with Crippen LogP contribution in [-0.4, -0.2) is 35.4 Å². The number of hydrogen-bond donors (Lipinski definition) is 2. The predicted molar refractivity (Wildman–Crippen MR) is 63.1 cm³/mol. The number of halogens is 1. The molecule has 6 nitrogen and oxygen atoms in total. The molecule has 1 atom stereocenters. The largest absolute Gasteiger partial charge is 0.327 e. The summed E-state index contributed by atoms with van der Waals surface area (Å²) in [5, 5.41) is 5.72. The molecular formula is C8H17ClN4O2S. The van der Waals surface area contributed by atoms with E-state index in [1.165, 1.54) is 6.33 Å². The Balaban J connectivity index is 0.00000225. The SMILES string of the molecule is CC(C)CC(N)CS(=O)(=O)c1ncn[nH]1.Cl. The highest BCUT2D eigenvalue weighted by Crippen LogP contribution is 2.09. The van der Waals surface area contributed by atoms with Crippen LogP contribution in [0.3, 0.4) is 0 Å². The van der Waals surface area contributed by atoms with E-state index in [0.29, 0.717) is 12.3 Å². The Morgan fingerprint density at radius 1 is 1.50 bits per heavy atom. The maximum Gasteiger partial charge on any atom is 0.243 e. The topological polar surface area (TPSA) is 102 Å². The number of rotatable bonds is 5. The first kappa shape index (κ1) is 15.3. The first-order valence-corrected chi connectivity index (χ1v) is 6.40. The summed E-state index contributed by atoms with van der Waals surface area (Å²) < 4.78 is 23.3. The lowest BCUT2D eigenvalue weighted by Gasteiger charge is -2.12. The minimum absolute atomic E-state index is 0. The van der Waals surface area contributed by atoms with Gasteiger partial charge in [0, 0.05) is 6.04 Å². The van der Waals surface area contributed by atoms with Crippen LogP contribution in [0, 0.1) is 5.92 Å². The van der Waals surface area contributed by atoms with Gasteiger partial charge in [-0.25, -0.2) is 13.4 Å². The van der Waals surface area contributed by atoms with Crippen molar-refractivity contribution in [2.24, 2.45) is 11.7 Å². The summed E-state index contributed by atoms with van der Waals surface area (Å²) in [6, 6.07) is -0.361. The Labute approximate surface area is 101 Å². The molecular weight excluding hydrogens is 252 g/mol. The average Bonchev–Trinajstić information content (AvgIpc) is 2.51. The van der Waals surface area contributed by atoms with Crippen molar-refractivity contribution in [3.63, 3.8) is 0 Å². The second-order valence-corrected chi connectivity index (χ2v) is 5.91. The van der Waals surface area contributed by atoms with Crippen LogP contribution in [0.1, 0.15) is 20.3 Å². The van der Waals surface area contributed by atoms with Crippen molar-refractivity contribution in [3.05, 3.63) is 6.33 Å². The summed E-state index contributed by atoms with van der Waals surface area (Å²) in [5.74, 6) is 0.283. The van der Waals surface area contributed by atoms with Gasteiger partial charge in [-0.1, -0.05) is 13.8 Å². The van der Waals surface area contributed by atoms with E-state index in [0.717, 1.165) is 0 Å². The minimum Gasteiger partial charge on any atom is -0.327 e. The molecule has 16 heavy (non-hydrogen) atoms. The zero-order valence-electron chi connectivity index (χ0n) is 9.25. The highest BCUT2D eigenvalue weighted by atomic mass is 35.5. The van der Waals surface area contributed by atoms with Gasteiger partial charge in [-0.05, 0) is 12.3 Å². The molecule has 0 radical (unpaired) electrons. The van der Waals surface area contributed by atoms with Crippen molar-refractivity contribution in [2.45, 2.75) is 31.5 Å². The zero-order chi connectivity index (χ0) is 11.5. The van der Waals surface area contributed by atoms with Crippen LogP contribution in [0.15, 0.2) is 11.5 Å². The molecule has 0 fully saturated rings. The van der Waals surface area contributed by atoms with Crippen LogP contribution < -0.4 is 5.73 Å². The normalized spacial score (nSPS) is 13.5. The Kier molecular flexibility index (Phi) is 5.91. The van der Waals surface area contributed by atoms with E-state index in [1.54, 1.807) is 0 Å². The molecule has 8 heteroatoms. The number of H-pyrrole nitrogens is 1. The number of nitrogens with two attached hydrogens (primary N) is 1. The molecule has 0 aliphatic rings.